The number of thiazole rings is 1. The Balaban J connectivity index is 1.88. The number of benzene rings is 2. The lowest BCUT2D eigenvalue weighted by Crippen LogP contribution is -2.12. The van der Waals surface area contributed by atoms with Gasteiger partial charge in [-0.25, -0.2) is 4.98 Å². The van der Waals surface area contributed by atoms with Crippen molar-refractivity contribution in [2.24, 2.45) is 0 Å². The first kappa shape index (κ1) is 15.5. The standard InChI is InChI=1S/C16H13BrN2OS2/c1-2-21-12-8-4-3-6-10(12)15(20)19-16-18-14-11(17)7-5-9-13(14)22-16/h3-9H,2H2,1H3,(H,18,19,20). The van der Waals surface area contributed by atoms with Crippen molar-refractivity contribution in [3.05, 3.63) is 52.5 Å². The zero-order valence-corrected chi connectivity index (χ0v) is 15.0. The monoisotopic (exact) mass is 392 g/mol. The van der Waals surface area contributed by atoms with Crippen LogP contribution in [-0.2, 0) is 0 Å². The van der Waals surface area contributed by atoms with Crippen LogP contribution in [-0.4, -0.2) is 16.6 Å². The number of rotatable bonds is 4. The maximum absolute atomic E-state index is 12.5. The first-order chi connectivity index (χ1) is 10.7. The predicted octanol–water partition coefficient (Wildman–Crippen LogP) is 5.42. The molecule has 22 heavy (non-hydrogen) atoms. The molecule has 1 amide bonds. The molecule has 1 aromatic heterocycles. The fourth-order valence-corrected chi connectivity index (χ4v) is 4.34. The minimum atomic E-state index is -0.119. The molecule has 1 heterocycles. The van der Waals surface area contributed by atoms with Crippen LogP contribution < -0.4 is 5.32 Å². The van der Waals surface area contributed by atoms with E-state index < -0.39 is 0 Å². The maximum Gasteiger partial charge on any atom is 0.258 e. The molecule has 0 aliphatic heterocycles. The smallest absolute Gasteiger partial charge is 0.258 e. The number of nitrogens with one attached hydrogen (secondary N) is 1. The molecule has 0 aliphatic carbocycles. The molecule has 0 aliphatic rings. The van der Waals surface area contributed by atoms with Crippen LogP contribution in [0.4, 0.5) is 5.13 Å². The summed E-state index contributed by atoms with van der Waals surface area (Å²) < 4.78 is 1.98. The third-order valence-corrected chi connectivity index (χ3v) is 5.55. The summed E-state index contributed by atoms with van der Waals surface area (Å²) in [4.78, 5) is 18.0. The van der Waals surface area contributed by atoms with Crippen molar-refractivity contribution in [3.8, 4) is 0 Å². The summed E-state index contributed by atoms with van der Waals surface area (Å²) in [6.07, 6.45) is 0. The van der Waals surface area contributed by atoms with Gasteiger partial charge in [0.1, 0.15) is 0 Å². The van der Waals surface area contributed by atoms with E-state index in [1.807, 2.05) is 42.5 Å². The quantitative estimate of drug-likeness (QED) is 0.602. The van der Waals surface area contributed by atoms with E-state index in [1.54, 1.807) is 11.8 Å². The average molecular weight is 393 g/mol. The number of carbonyl (C=O) groups excluding carboxylic acids is 1. The minimum absolute atomic E-state index is 0.119. The van der Waals surface area contributed by atoms with E-state index in [4.69, 9.17) is 0 Å². The Morgan fingerprint density at radius 2 is 2.09 bits per heavy atom. The number of anilines is 1. The lowest BCUT2D eigenvalue weighted by molar-refractivity contribution is 0.102. The summed E-state index contributed by atoms with van der Waals surface area (Å²) in [5, 5.41) is 3.52. The Bertz CT molecular complexity index is 832. The fourth-order valence-electron chi connectivity index (χ4n) is 2.07. The summed E-state index contributed by atoms with van der Waals surface area (Å²) in [5.74, 6) is 0.810. The molecule has 1 N–H and O–H groups in total. The number of aromatic nitrogens is 1. The summed E-state index contributed by atoms with van der Waals surface area (Å²) in [6.45, 7) is 2.07. The molecule has 3 aromatic rings. The molecule has 0 fully saturated rings. The number of hydrogen-bond acceptors (Lipinski definition) is 4. The molecule has 0 saturated heterocycles. The summed E-state index contributed by atoms with van der Waals surface area (Å²) in [7, 11) is 0. The molecular formula is C16H13BrN2OS2. The second kappa shape index (κ2) is 6.81. The summed E-state index contributed by atoms with van der Waals surface area (Å²) >= 11 is 6.62. The highest BCUT2D eigenvalue weighted by Crippen LogP contribution is 2.31. The van der Waals surface area contributed by atoms with Crippen LogP contribution in [0.25, 0.3) is 10.2 Å². The van der Waals surface area contributed by atoms with E-state index in [-0.39, 0.29) is 5.91 Å². The van der Waals surface area contributed by atoms with Crippen molar-refractivity contribution in [3.63, 3.8) is 0 Å². The van der Waals surface area contributed by atoms with Crippen LogP contribution >= 0.6 is 39.0 Å². The van der Waals surface area contributed by atoms with Crippen molar-refractivity contribution >= 4 is 60.3 Å². The molecule has 6 heteroatoms. The van der Waals surface area contributed by atoms with Gasteiger partial charge >= 0.3 is 0 Å². The topological polar surface area (TPSA) is 42.0 Å². The van der Waals surface area contributed by atoms with Crippen molar-refractivity contribution in [2.75, 3.05) is 11.1 Å². The van der Waals surface area contributed by atoms with Gasteiger partial charge in [-0.1, -0.05) is 36.5 Å². The normalized spacial score (nSPS) is 10.8. The lowest BCUT2D eigenvalue weighted by atomic mass is 10.2. The second-order valence-electron chi connectivity index (χ2n) is 4.49. The Kier molecular flexibility index (Phi) is 4.81. The van der Waals surface area contributed by atoms with Gasteiger partial charge in [-0.15, -0.1) is 11.8 Å². The number of para-hydroxylation sites is 1. The number of halogens is 1. The summed E-state index contributed by atoms with van der Waals surface area (Å²) in [5.41, 5.74) is 1.56. The van der Waals surface area contributed by atoms with Crippen molar-refractivity contribution in [1.82, 2.24) is 4.98 Å². The zero-order chi connectivity index (χ0) is 15.5. The number of fused-ring (bicyclic) bond motifs is 1. The molecule has 0 bridgehead atoms. The fraction of sp³-hybridized carbons (Fsp3) is 0.125. The van der Waals surface area contributed by atoms with Gasteiger partial charge in [0.25, 0.3) is 5.91 Å². The second-order valence-corrected chi connectivity index (χ2v) is 7.68. The predicted molar refractivity (Wildman–Crippen MR) is 98.1 cm³/mol. The average Bonchev–Trinajstić information content (AvgIpc) is 2.92. The van der Waals surface area contributed by atoms with Crippen molar-refractivity contribution < 1.29 is 4.79 Å². The third-order valence-electron chi connectivity index (χ3n) is 3.02. The maximum atomic E-state index is 12.5. The third kappa shape index (κ3) is 3.19. The lowest BCUT2D eigenvalue weighted by Gasteiger charge is -2.07. The number of amides is 1. The van der Waals surface area contributed by atoms with Gasteiger partial charge in [0.2, 0.25) is 0 Å². The molecule has 112 valence electrons. The number of hydrogen-bond donors (Lipinski definition) is 1. The molecule has 0 atom stereocenters. The Hall–Kier alpha value is -1.37. The van der Waals surface area contributed by atoms with E-state index >= 15 is 0 Å². The van der Waals surface area contributed by atoms with Crippen LogP contribution in [0.3, 0.4) is 0 Å². The molecular weight excluding hydrogens is 380 g/mol. The molecule has 0 unspecified atom stereocenters. The van der Waals surface area contributed by atoms with Gasteiger partial charge in [-0.05, 0) is 45.9 Å². The highest BCUT2D eigenvalue weighted by atomic mass is 79.9. The molecule has 3 nitrogen and oxygen atoms in total. The zero-order valence-electron chi connectivity index (χ0n) is 11.8. The van der Waals surface area contributed by atoms with Crippen LogP contribution in [0.1, 0.15) is 17.3 Å². The van der Waals surface area contributed by atoms with Crippen LogP contribution in [0, 0.1) is 0 Å². The minimum Gasteiger partial charge on any atom is -0.298 e. The first-order valence-corrected chi connectivity index (χ1v) is 9.36. The van der Waals surface area contributed by atoms with Crippen LogP contribution in [0.15, 0.2) is 51.8 Å². The highest BCUT2D eigenvalue weighted by molar-refractivity contribution is 9.10. The molecule has 2 aromatic carbocycles. The Morgan fingerprint density at radius 3 is 2.86 bits per heavy atom. The van der Waals surface area contributed by atoms with E-state index in [0.29, 0.717) is 10.7 Å². The van der Waals surface area contributed by atoms with Gasteiger partial charge in [-0.3, -0.25) is 10.1 Å². The van der Waals surface area contributed by atoms with Gasteiger partial charge < -0.3 is 0 Å². The Labute approximate surface area is 145 Å². The first-order valence-electron chi connectivity index (χ1n) is 6.77. The van der Waals surface area contributed by atoms with E-state index in [0.717, 1.165) is 25.3 Å². The summed E-state index contributed by atoms with van der Waals surface area (Å²) in [6, 6.07) is 13.5. The Morgan fingerprint density at radius 1 is 1.27 bits per heavy atom. The SMILES string of the molecule is CCSc1ccccc1C(=O)Nc1nc2c(Br)cccc2s1. The van der Waals surface area contributed by atoms with Crippen molar-refractivity contribution in [1.29, 1.82) is 0 Å². The number of carbonyl (C=O) groups is 1. The van der Waals surface area contributed by atoms with Crippen molar-refractivity contribution in [2.45, 2.75) is 11.8 Å². The van der Waals surface area contributed by atoms with Crippen LogP contribution in [0.5, 0.6) is 0 Å². The van der Waals surface area contributed by atoms with Gasteiger partial charge in [-0.2, -0.15) is 0 Å². The molecule has 0 radical (unpaired) electrons. The largest absolute Gasteiger partial charge is 0.298 e. The van der Waals surface area contributed by atoms with E-state index in [9.17, 15) is 4.79 Å². The number of nitrogens with zero attached hydrogens (tertiary/aromatic N) is 1. The van der Waals surface area contributed by atoms with E-state index in [2.05, 4.69) is 33.2 Å². The van der Waals surface area contributed by atoms with E-state index in [1.165, 1.54) is 11.3 Å². The number of thioether (sulfide) groups is 1. The molecule has 3 rings (SSSR count). The highest BCUT2D eigenvalue weighted by Gasteiger charge is 2.14. The molecule has 0 spiro atoms. The van der Waals surface area contributed by atoms with Gasteiger partial charge in [0.05, 0.1) is 15.8 Å². The molecule has 0 saturated carbocycles. The van der Waals surface area contributed by atoms with Crippen LogP contribution in [0.2, 0.25) is 0 Å². The van der Waals surface area contributed by atoms with Gasteiger partial charge in [0.15, 0.2) is 5.13 Å². The van der Waals surface area contributed by atoms with Gasteiger partial charge in [0, 0.05) is 9.37 Å².